The molecule has 1 saturated heterocycles. The quantitative estimate of drug-likeness (QED) is 0.588. The molecule has 0 spiro atoms. The second-order valence-electron chi connectivity index (χ2n) is 6.60. The van der Waals surface area contributed by atoms with Crippen molar-refractivity contribution in [1.29, 1.82) is 0 Å². The first-order chi connectivity index (χ1) is 12.7. The van der Waals surface area contributed by atoms with E-state index in [1.807, 2.05) is 24.5 Å². The Morgan fingerprint density at radius 1 is 1.19 bits per heavy atom. The molecular weight excluding hydrogens is 368 g/mol. The minimum Gasteiger partial charge on any atom is -0.450 e. The topological polar surface area (TPSA) is 58.6 Å². The molecule has 0 bridgehead atoms. The molecule has 140 valence electrons. The molecule has 2 aliphatic rings. The fourth-order valence-corrected chi connectivity index (χ4v) is 5.43. The fraction of sp³-hybridized carbons (Fsp3) is 0.611. The molecule has 0 aromatic carbocycles. The van der Waals surface area contributed by atoms with E-state index in [0.717, 1.165) is 35.3 Å². The zero-order valence-corrected chi connectivity index (χ0v) is 16.9. The zero-order chi connectivity index (χ0) is 18.1. The lowest BCUT2D eigenvalue weighted by Crippen LogP contribution is -2.49. The van der Waals surface area contributed by atoms with Crippen LogP contribution in [-0.2, 0) is 17.6 Å². The monoisotopic (exact) mass is 392 g/mol. The molecule has 1 fully saturated rings. The first-order valence-electron chi connectivity index (χ1n) is 9.24. The Balaban J connectivity index is 1.65. The van der Waals surface area contributed by atoms with Crippen molar-refractivity contribution in [3.05, 3.63) is 10.4 Å². The number of hydrogen-bond donors (Lipinski definition) is 0. The maximum absolute atomic E-state index is 12.0. The van der Waals surface area contributed by atoms with E-state index >= 15 is 0 Å². The van der Waals surface area contributed by atoms with E-state index in [2.05, 4.69) is 4.90 Å². The highest BCUT2D eigenvalue weighted by atomic mass is 32.2. The van der Waals surface area contributed by atoms with Gasteiger partial charge in [-0.15, -0.1) is 11.3 Å². The van der Waals surface area contributed by atoms with E-state index in [4.69, 9.17) is 14.7 Å². The van der Waals surface area contributed by atoms with Crippen molar-refractivity contribution in [2.75, 3.05) is 43.9 Å². The number of thiophene rings is 1. The van der Waals surface area contributed by atoms with Crippen molar-refractivity contribution in [1.82, 2.24) is 14.9 Å². The molecule has 0 N–H and O–H groups in total. The van der Waals surface area contributed by atoms with Gasteiger partial charge in [0, 0.05) is 31.1 Å². The van der Waals surface area contributed by atoms with Gasteiger partial charge >= 0.3 is 6.09 Å². The standard InChI is InChI=1S/C18H24N4O2S2/c1-3-24-18(23)22-10-8-21(9-11-22)15-14-12-6-4-5-7-13(12)26-16(14)20-17(19-15)25-2/h3-11H2,1-2H3. The summed E-state index contributed by atoms with van der Waals surface area (Å²) in [4.78, 5) is 28.3. The van der Waals surface area contributed by atoms with Crippen LogP contribution in [0.4, 0.5) is 10.6 Å². The average molecular weight is 393 g/mol. The third-order valence-corrected chi connectivity index (χ3v) is 6.80. The highest BCUT2D eigenvalue weighted by Gasteiger charge is 2.27. The van der Waals surface area contributed by atoms with Crippen LogP contribution in [0.5, 0.6) is 0 Å². The van der Waals surface area contributed by atoms with Crippen molar-refractivity contribution in [3.8, 4) is 0 Å². The van der Waals surface area contributed by atoms with Gasteiger partial charge in [0.05, 0.1) is 12.0 Å². The molecule has 4 rings (SSSR count). The number of carbonyl (C=O) groups is 1. The van der Waals surface area contributed by atoms with Gasteiger partial charge in [-0.1, -0.05) is 11.8 Å². The lowest BCUT2D eigenvalue weighted by Gasteiger charge is -2.35. The number of piperazine rings is 1. The fourth-order valence-electron chi connectivity index (χ4n) is 3.75. The Labute approximate surface area is 161 Å². The summed E-state index contributed by atoms with van der Waals surface area (Å²) in [7, 11) is 0. The number of aryl methyl sites for hydroxylation is 2. The van der Waals surface area contributed by atoms with E-state index in [0.29, 0.717) is 19.7 Å². The molecule has 0 saturated carbocycles. The predicted molar refractivity (Wildman–Crippen MR) is 107 cm³/mol. The van der Waals surface area contributed by atoms with E-state index in [1.165, 1.54) is 35.1 Å². The smallest absolute Gasteiger partial charge is 0.409 e. The molecule has 1 aliphatic heterocycles. The van der Waals surface area contributed by atoms with Crippen molar-refractivity contribution < 1.29 is 9.53 Å². The van der Waals surface area contributed by atoms with E-state index in [1.54, 1.807) is 16.7 Å². The van der Waals surface area contributed by atoms with Gasteiger partial charge in [0.25, 0.3) is 0 Å². The van der Waals surface area contributed by atoms with Gasteiger partial charge in [-0.25, -0.2) is 14.8 Å². The largest absolute Gasteiger partial charge is 0.450 e. The summed E-state index contributed by atoms with van der Waals surface area (Å²) in [5.74, 6) is 1.06. The lowest BCUT2D eigenvalue weighted by molar-refractivity contribution is 0.105. The Kier molecular flexibility index (Phi) is 5.22. The summed E-state index contributed by atoms with van der Waals surface area (Å²) < 4.78 is 5.13. The number of aromatic nitrogens is 2. The Hall–Kier alpha value is -1.54. The van der Waals surface area contributed by atoms with Crippen molar-refractivity contribution in [2.45, 2.75) is 37.8 Å². The second-order valence-corrected chi connectivity index (χ2v) is 8.45. The summed E-state index contributed by atoms with van der Waals surface area (Å²) in [6.07, 6.45) is 6.64. The molecule has 2 aromatic heterocycles. The molecule has 0 atom stereocenters. The highest BCUT2D eigenvalue weighted by Crippen LogP contribution is 2.40. The van der Waals surface area contributed by atoms with Crippen LogP contribution in [0.15, 0.2) is 5.16 Å². The van der Waals surface area contributed by atoms with Gasteiger partial charge in [-0.05, 0) is 44.4 Å². The zero-order valence-electron chi connectivity index (χ0n) is 15.3. The molecular formula is C18H24N4O2S2. The lowest BCUT2D eigenvalue weighted by atomic mass is 9.97. The Bertz CT molecular complexity index is 815. The van der Waals surface area contributed by atoms with Crippen LogP contribution in [0.3, 0.4) is 0 Å². The maximum atomic E-state index is 12.0. The molecule has 0 radical (unpaired) electrons. The minimum atomic E-state index is -0.210. The van der Waals surface area contributed by atoms with Gasteiger partial charge in [-0.3, -0.25) is 0 Å². The number of rotatable bonds is 3. The van der Waals surface area contributed by atoms with Crippen molar-refractivity contribution in [2.24, 2.45) is 0 Å². The average Bonchev–Trinajstić information content (AvgIpc) is 3.06. The van der Waals surface area contributed by atoms with Crippen LogP contribution in [-0.4, -0.2) is 60.0 Å². The second kappa shape index (κ2) is 7.60. The molecule has 0 unspecified atom stereocenters. The van der Waals surface area contributed by atoms with E-state index in [9.17, 15) is 4.79 Å². The summed E-state index contributed by atoms with van der Waals surface area (Å²) >= 11 is 3.44. The Morgan fingerprint density at radius 3 is 2.69 bits per heavy atom. The van der Waals surface area contributed by atoms with Crippen LogP contribution < -0.4 is 4.90 Å². The number of fused-ring (bicyclic) bond motifs is 3. The number of nitrogens with zero attached hydrogens (tertiary/aromatic N) is 4. The number of carbonyl (C=O) groups excluding carboxylic acids is 1. The van der Waals surface area contributed by atoms with Crippen LogP contribution >= 0.6 is 23.1 Å². The maximum Gasteiger partial charge on any atom is 0.409 e. The molecule has 8 heteroatoms. The normalized spacial score (nSPS) is 17.5. The number of anilines is 1. The number of thioether (sulfide) groups is 1. The first-order valence-corrected chi connectivity index (χ1v) is 11.3. The van der Waals surface area contributed by atoms with Crippen molar-refractivity contribution in [3.63, 3.8) is 0 Å². The van der Waals surface area contributed by atoms with Gasteiger partial charge < -0.3 is 14.5 Å². The summed E-state index contributed by atoms with van der Waals surface area (Å²) in [5, 5.41) is 2.09. The van der Waals surface area contributed by atoms with Crippen molar-refractivity contribution >= 4 is 45.2 Å². The van der Waals surface area contributed by atoms with Gasteiger partial charge in [-0.2, -0.15) is 0 Å². The van der Waals surface area contributed by atoms with Crippen LogP contribution in [0.1, 0.15) is 30.2 Å². The molecule has 6 nitrogen and oxygen atoms in total. The predicted octanol–water partition coefficient (Wildman–Crippen LogP) is 3.57. The van der Waals surface area contributed by atoms with Crippen LogP contribution in [0, 0.1) is 0 Å². The van der Waals surface area contributed by atoms with E-state index in [-0.39, 0.29) is 6.09 Å². The molecule has 1 aliphatic carbocycles. The first kappa shape index (κ1) is 17.9. The summed E-state index contributed by atoms with van der Waals surface area (Å²) in [5.41, 5.74) is 1.46. The minimum absolute atomic E-state index is 0.210. The van der Waals surface area contributed by atoms with E-state index < -0.39 is 0 Å². The highest BCUT2D eigenvalue weighted by molar-refractivity contribution is 7.98. The van der Waals surface area contributed by atoms with Gasteiger partial charge in [0.15, 0.2) is 5.16 Å². The summed E-state index contributed by atoms with van der Waals surface area (Å²) in [6, 6.07) is 0. The molecule has 1 amide bonds. The van der Waals surface area contributed by atoms with Crippen LogP contribution in [0.2, 0.25) is 0 Å². The molecule has 26 heavy (non-hydrogen) atoms. The summed E-state index contributed by atoms with van der Waals surface area (Å²) in [6.45, 7) is 5.17. The number of ether oxygens (including phenoxy) is 1. The third kappa shape index (κ3) is 3.24. The van der Waals surface area contributed by atoms with Crippen LogP contribution in [0.25, 0.3) is 10.2 Å². The SMILES string of the molecule is CCOC(=O)N1CCN(c2nc(SC)nc3sc4c(c23)CCCC4)CC1. The van der Waals surface area contributed by atoms with Gasteiger partial charge in [0.2, 0.25) is 0 Å². The third-order valence-electron chi connectivity index (χ3n) is 5.06. The number of hydrogen-bond acceptors (Lipinski definition) is 7. The Morgan fingerprint density at radius 2 is 1.96 bits per heavy atom. The number of amides is 1. The molecule has 2 aromatic rings. The van der Waals surface area contributed by atoms with Gasteiger partial charge in [0.1, 0.15) is 10.6 Å². The molecule has 3 heterocycles.